The van der Waals surface area contributed by atoms with E-state index >= 15 is 0 Å². The molecule has 3 nitrogen and oxygen atoms in total. The zero-order valence-electron chi connectivity index (χ0n) is 8.03. The van der Waals surface area contributed by atoms with Gasteiger partial charge >= 0.3 is 12.1 Å². The number of alkyl halides is 3. The van der Waals surface area contributed by atoms with Crippen molar-refractivity contribution in [2.75, 3.05) is 0 Å². The summed E-state index contributed by atoms with van der Waals surface area (Å²) in [5.74, 6) is -1.66. The molecule has 0 amide bonds. The van der Waals surface area contributed by atoms with Crippen molar-refractivity contribution in [3.63, 3.8) is 0 Å². The van der Waals surface area contributed by atoms with Crippen LogP contribution in [0.25, 0.3) is 0 Å². The van der Waals surface area contributed by atoms with Gasteiger partial charge in [-0.1, -0.05) is 0 Å². The summed E-state index contributed by atoms with van der Waals surface area (Å²) in [6.07, 6.45) is -3.21. The maximum atomic E-state index is 12.2. The van der Waals surface area contributed by atoms with Crippen molar-refractivity contribution < 1.29 is 23.1 Å². The third kappa shape index (κ3) is 2.00. The average molecular weight is 231 g/mol. The fourth-order valence-electron chi connectivity index (χ4n) is 1.59. The predicted molar refractivity (Wildman–Crippen MR) is 47.7 cm³/mol. The van der Waals surface area contributed by atoms with Gasteiger partial charge in [0.25, 0.3) is 0 Å². The number of carboxylic acids is 1. The average Bonchev–Trinajstić information content (AvgIpc) is 2.96. The molecule has 1 aromatic rings. The zero-order valence-corrected chi connectivity index (χ0v) is 8.03. The number of aromatic nitrogens is 1. The molecule has 0 spiro atoms. The highest BCUT2D eigenvalue weighted by atomic mass is 19.4. The van der Waals surface area contributed by atoms with Gasteiger partial charge in [-0.05, 0) is 18.6 Å². The highest BCUT2D eigenvalue weighted by Gasteiger charge is 2.45. The molecule has 0 aliphatic heterocycles. The van der Waals surface area contributed by atoms with E-state index in [9.17, 15) is 18.0 Å². The van der Waals surface area contributed by atoms with Crippen molar-refractivity contribution in [3.8, 4) is 0 Å². The number of hydrogen-bond acceptors (Lipinski definition) is 2. The van der Waals surface area contributed by atoms with Crippen LogP contribution in [0.2, 0.25) is 0 Å². The first kappa shape index (κ1) is 10.9. The van der Waals surface area contributed by atoms with Crippen molar-refractivity contribution in [2.45, 2.75) is 18.5 Å². The van der Waals surface area contributed by atoms with Gasteiger partial charge in [-0.25, -0.2) is 0 Å². The Bertz CT molecular complexity index is 413. The quantitative estimate of drug-likeness (QED) is 0.849. The van der Waals surface area contributed by atoms with Gasteiger partial charge in [0.15, 0.2) is 0 Å². The van der Waals surface area contributed by atoms with E-state index in [0.717, 1.165) is 12.3 Å². The Kier molecular flexibility index (Phi) is 2.36. The molecule has 0 aromatic carbocycles. The Morgan fingerprint density at radius 2 is 2.12 bits per heavy atom. The monoisotopic (exact) mass is 231 g/mol. The lowest BCUT2D eigenvalue weighted by atomic mass is 10.2. The number of halogens is 3. The second-order valence-electron chi connectivity index (χ2n) is 3.76. The molecule has 0 bridgehead atoms. The largest absolute Gasteiger partial charge is 0.481 e. The maximum absolute atomic E-state index is 12.2. The van der Waals surface area contributed by atoms with Gasteiger partial charge in [-0.2, -0.15) is 13.2 Å². The van der Waals surface area contributed by atoms with Crippen LogP contribution < -0.4 is 0 Å². The first-order valence-corrected chi connectivity index (χ1v) is 4.65. The fourth-order valence-corrected chi connectivity index (χ4v) is 1.59. The van der Waals surface area contributed by atoms with Crippen LogP contribution in [-0.4, -0.2) is 16.1 Å². The molecule has 2 rings (SSSR count). The second-order valence-corrected chi connectivity index (χ2v) is 3.76. The minimum absolute atomic E-state index is 0.236. The summed E-state index contributed by atoms with van der Waals surface area (Å²) in [6.45, 7) is 0. The lowest BCUT2D eigenvalue weighted by Gasteiger charge is -2.06. The Morgan fingerprint density at radius 3 is 2.50 bits per heavy atom. The molecular weight excluding hydrogens is 223 g/mol. The van der Waals surface area contributed by atoms with Gasteiger partial charge in [-0.15, -0.1) is 0 Å². The van der Waals surface area contributed by atoms with Crippen LogP contribution in [0.1, 0.15) is 23.6 Å². The SMILES string of the molecule is O=C(O)[C@@H]1C[C@H]1c1ccc(C(F)(F)F)cn1. The number of pyridine rings is 1. The van der Waals surface area contributed by atoms with Crippen LogP contribution in [0.5, 0.6) is 0 Å². The second kappa shape index (κ2) is 3.47. The standard InChI is InChI=1S/C10H8F3NO2/c11-10(12,13)5-1-2-8(14-4-5)6-3-7(6)9(15)16/h1-2,4,6-7H,3H2,(H,15,16)/t6-,7-/m1/s1. The van der Waals surface area contributed by atoms with Gasteiger partial charge < -0.3 is 5.11 Å². The Balaban J connectivity index is 2.13. The molecule has 2 atom stereocenters. The van der Waals surface area contributed by atoms with E-state index in [2.05, 4.69) is 4.98 Å². The minimum Gasteiger partial charge on any atom is -0.481 e. The molecule has 1 fully saturated rings. The van der Waals surface area contributed by atoms with Crippen LogP contribution >= 0.6 is 0 Å². The van der Waals surface area contributed by atoms with E-state index in [1.165, 1.54) is 6.07 Å². The van der Waals surface area contributed by atoms with Crippen molar-refractivity contribution in [3.05, 3.63) is 29.6 Å². The Labute approximate surface area is 88.9 Å². The van der Waals surface area contributed by atoms with E-state index in [1.807, 2.05) is 0 Å². The molecule has 0 saturated heterocycles. The van der Waals surface area contributed by atoms with E-state index in [4.69, 9.17) is 5.11 Å². The molecule has 1 saturated carbocycles. The number of hydrogen-bond donors (Lipinski definition) is 1. The number of rotatable bonds is 2. The highest BCUT2D eigenvalue weighted by Crippen LogP contribution is 2.46. The molecule has 1 aliphatic carbocycles. The van der Waals surface area contributed by atoms with E-state index < -0.39 is 23.6 Å². The van der Waals surface area contributed by atoms with Gasteiger partial charge in [0.1, 0.15) is 0 Å². The van der Waals surface area contributed by atoms with Crippen LogP contribution in [0.3, 0.4) is 0 Å². The summed E-state index contributed by atoms with van der Waals surface area (Å²) in [4.78, 5) is 14.2. The Hall–Kier alpha value is -1.59. The number of carboxylic acid groups (broad SMARTS) is 1. The normalized spacial score (nSPS) is 24.2. The summed E-state index contributed by atoms with van der Waals surface area (Å²) in [5, 5.41) is 8.66. The highest BCUT2D eigenvalue weighted by molar-refractivity contribution is 5.75. The molecule has 16 heavy (non-hydrogen) atoms. The topological polar surface area (TPSA) is 50.2 Å². The van der Waals surface area contributed by atoms with Crippen molar-refractivity contribution in [2.24, 2.45) is 5.92 Å². The van der Waals surface area contributed by atoms with E-state index in [1.54, 1.807) is 0 Å². The molecular formula is C10H8F3NO2. The van der Waals surface area contributed by atoms with Gasteiger partial charge in [0.05, 0.1) is 11.5 Å². The smallest absolute Gasteiger partial charge is 0.417 e. The number of nitrogens with zero attached hydrogens (tertiary/aromatic N) is 1. The first-order chi connectivity index (χ1) is 7.39. The van der Waals surface area contributed by atoms with Crippen molar-refractivity contribution in [1.29, 1.82) is 0 Å². The Morgan fingerprint density at radius 1 is 1.44 bits per heavy atom. The van der Waals surface area contributed by atoms with E-state index in [0.29, 0.717) is 12.1 Å². The molecule has 1 N–H and O–H groups in total. The first-order valence-electron chi connectivity index (χ1n) is 4.65. The number of carbonyl (C=O) groups is 1. The van der Waals surface area contributed by atoms with Crippen molar-refractivity contribution >= 4 is 5.97 Å². The van der Waals surface area contributed by atoms with Crippen molar-refractivity contribution in [1.82, 2.24) is 4.98 Å². The number of aliphatic carboxylic acids is 1. The summed E-state index contributed by atoms with van der Waals surface area (Å²) < 4.78 is 36.6. The van der Waals surface area contributed by atoms with E-state index in [-0.39, 0.29) is 5.92 Å². The zero-order chi connectivity index (χ0) is 11.9. The minimum atomic E-state index is -4.40. The molecule has 1 aliphatic rings. The summed E-state index contributed by atoms with van der Waals surface area (Å²) in [7, 11) is 0. The molecule has 0 unspecified atom stereocenters. The molecule has 1 aromatic heterocycles. The van der Waals surface area contributed by atoms with Crippen LogP contribution in [0.4, 0.5) is 13.2 Å². The summed E-state index contributed by atoms with van der Waals surface area (Å²) in [5.41, 5.74) is -0.399. The third-order valence-electron chi connectivity index (χ3n) is 2.60. The lowest BCUT2D eigenvalue weighted by molar-refractivity contribution is -0.139. The third-order valence-corrected chi connectivity index (χ3v) is 2.60. The molecule has 0 radical (unpaired) electrons. The fraction of sp³-hybridized carbons (Fsp3) is 0.400. The summed E-state index contributed by atoms with van der Waals surface area (Å²) >= 11 is 0. The molecule has 86 valence electrons. The van der Waals surface area contributed by atoms with Gasteiger partial charge in [0, 0.05) is 17.8 Å². The maximum Gasteiger partial charge on any atom is 0.417 e. The predicted octanol–water partition coefficient (Wildman–Crippen LogP) is 2.29. The molecule has 6 heteroatoms. The lowest BCUT2D eigenvalue weighted by Crippen LogP contribution is -2.06. The van der Waals surface area contributed by atoms with Crippen LogP contribution in [0, 0.1) is 5.92 Å². The summed E-state index contributed by atoms with van der Waals surface area (Å²) in [6, 6.07) is 2.18. The molecule has 1 heterocycles. The van der Waals surface area contributed by atoms with Gasteiger partial charge in [-0.3, -0.25) is 9.78 Å². The van der Waals surface area contributed by atoms with Gasteiger partial charge in [0.2, 0.25) is 0 Å². The van der Waals surface area contributed by atoms with Crippen LogP contribution in [-0.2, 0) is 11.0 Å². The van der Waals surface area contributed by atoms with Crippen LogP contribution in [0.15, 0.2) is 18.3 Å².